The van der Waals surface area contributed by atoms with E-state index in [0.29, 0.717) is 12.7 Å². The summed E-state index contributed by atoms with van der Waals surface area (Å²) in [5.74, 6) is -1.52. The fourth-order valence-corrected chi connectivity index (χ4v) is 0.308. The molecular formula is C6H9F3O. The fourth-order valence-electron chi connectivity index (χ4n) is 0.308. The van der Waals surface area contributed by atoms with Gasteiger partial charge in [0.2, 0.25) is 5.83 Å². The summed E-state index contributed by atoms with van der Waals surface area (Å²) in [6.45, 7) is 2.06. The van der Waals surface area contributed by atoms with Gasteiger partial charge in [-0.3, -0.25) is 0 Å². The third-order valence-corrected chi connectivity index (χ3v) is 0.726. The zero-order chi connectivity index (χ0) is 7.98. The molecule has 0 rings (SSSR count). The first-order chi connectivity index (χ1) is 4.68. The third-order valence-electron chi connectivity index (χ3n) is 0.726. The van der Waals surface area contributed by atoms with Crippen LogP contribution in [0.15, 0.2) is 12.1 Å². The highest BCUT2D eigenvalue weighted by atomic mass is 19.3. The molecule has 0 bridgehead atoms. The smallest absolute Gasteiger partial charge is 0.292 e. The number of alkyl halides is 2. The Morgan fingerprint density at radius 2 is 2.20 bits per heavy atom. The van der Waals surface area contributed by atoms with Crippen molar-refractivity contribution in [2.24, 2.45) is 0 Å². The second kappa shape index (κ2) is 5.14. The Morgan fingerprint density at radius 1 is 1.60 bits per heavy atom. The van der Waals surface area contributed by atoms with Crippen LogP contribution in [0.5, 0.6) is 0 Å². The normalized spacial score (nSPS) is 12.3. The second-order valence-electron chi connectivity index (χ2n) is 1.67. The number of rotatable bonds is 4. The maximum absolute atomic E-state index is 11.8. The molecule has 0 atom stereocenters. The molecule has 0 saturated heterocycles. The van der Waals surface area contributed by atoms with Gasteiger partial charge in [0.05, 0.1) is 6.61 Å². The average molecular weight is 154 g/mol. The largest absolute Gasteiger partial charge is 0.498 e. The Balaban J connectivity index is 3.48. The lowest BCUT2D eigenvalue weighted by molar-refractivity contribution is 0.143. The summed E-state index contributed by atoms with van der Waals surface area (Å²) in [5, 5.41) is 0. The molecule has 0 aromatic carbocycles. The highest BCUT2D eigenvalue weighted by Gasteiger charge is 2.09. The van der Waals surface area contributed by atoms with Gasteiger partial charge < -0.3 is 4.74 Å². The van der Waals surface area contributed by atoms with Crippen LogP contribution in [0.25, 0.3) is 0 Å². The maximum Gasteiger partial charge on any atom is 0.292 e. The first-order valence-electron chi connectivity index (χ1n) is 2.93. The van der Waals surface area contributed by atoms with Gasteiger partial charge in [-0.05, 0) is 6.42 Å². The summed E-state index contributed by atoms with van der Waals surface area (Å²) < 4.78 is 38.9. The Kier molecular flexibility index (Phi) is 4.80. The van der Waals surface area contributed by atoms with Crippen molar-refractivity contribution in [2.45, 2.75) is 19.8 Å². The van der Waals surface area contributed by atoms with Gasteiger partial charge in [-0.25, -0.2) is 13.2 Å². The summed E-state index contributed by atoms with van der Waals surface area (Å²) in [5.41, 5.74) is 0. The van der Waals surface area contributed by atoms with E-state index < -0.39 is 12.3 Å². The predicted molar refractivity (Wildman–Crippen MR) is 31.4 cm³/mol. The van der Waals surface area contributed by atoms with Crippen LogP contribution in [0.4, 0.5) is 13.2 Å². The van der Waals surface area contributed by atoms with Crippen molar-refractivity contribution < 1.29 is 17.9 Å². The molecule has 0 aromatic rings. The minimum absolute atomic E-state index is 0.264. The van der Waals surface area contributed by atoms with E-state index in [4.69, 9.17) is 0 Å². The molecular weight excluding hydrogens is 145 g/mol. The van der Waals surface area contributed by atoms with E-state index in [0.717, 1.165) is 0 Å². The minimum atomic E-state index is -3.06. The summed E-state index contributed by atoms with van der Waals surface area (Å²) in [7, 11) is 0. The van der Waals surface area contributed by atoms with Crippen LogP contribution in [-0.4, -0.2) is 13.0 Å². The van der Waals surface area contributed by atoms with Gasteiger partial charge in [0, 0.05) is 0 Å². The number of ether oxygens (including phenoxy) is 1. The van der Waals surface area contributed by atoms with Crippen molar-refractivity contribution in [3.05, 3.63) is 12.1 Å². The standard InChI is InChI=1S/C6H9F3O/c1-2-3-10-4-5(7)6(8)9/h4,6H,2-3H2,1H3. The lowest BCUT2D eigenvalue weighted by atomic mass is 10.5. The van der Waals surface area contributed by atoms with E-state index in [1.54, 1.807) is 6.92 Å². The lowest BCUT2D eigenvalue weighted by Crippen LogP contribution is -1.92. The Bertz CT molecular complexity index is 112. The Morgan fingerprint density at radius 3 is 2.60 bits per heavy atom. The molecule has 0 N–H and O–H groups in total. The molecule has 0 aliphatic carbocycles. The van der Waals surface area contributed by atoms with Crippen LogP contribution in [0.2, 0.25) is 0 Å². The van der Waals surface area contributed by atoms with E-state index in [9.17, 15) is 13.2 Å². The topological polar surface area (TPSA) is 9.23 Å². The number of hydrogen-bond acceptors (Lipinski definition) is 1. The number of hydrogen-bond donors (Lipinski definition) is 0. The van der Waals surface area contributed by atoms with E-state index >= 15 is 0 Å². The molecule has 0 aliphatic heterocycles. The van der Waals surface area contributed by atoms with Gasteiger partial charge in [-0.2, -0.15) is 0 Å². The van der Waals surface area contributed by atoms with Crippen molar-refractivity contribution in [2.75, 3.05) is 6.61 Å². The van der Waals surface area contributed by atoms with Crippen molar-refractivity contribution in [1.29, 1.82) is 0 Å². The molecule has 1 nitrogen and oxygen atoms in total. The van der Waals surface area contributed by atoms with E-state index in [1.807, 2.05) is 0 Å². The average Bonchev–Trinajstić information content (AvgIpc) is 1.88. The van der Waals surface area contributed by atoms with E-state index in [1.165, 1.54) is 0 Å². The number of halogens is 3. The first kappa shape index (κ1) is 9.33. The van der Waals surface area contributed by atoms with Crippen molar-refractivity contribution in [1.82, 2.24) is 0 Å². The second-order valence-corrected chi connectivity index (χ2v) is 1.67. The van der Waals surface area contributed by atoms with Crippen molar-refractivity contribution in [3.63, 3.8) is 0 Å². The zero-order valence-electron chi connectivity index (χ0n) is 5.61. The lowest BCUT2D eigenvalue weighted by Gasteiger charge is -1.96. The summed E-state index contributed by atoms with van der Waals surface area (Å²) in [4.78, 5) is 0. The van der Waals surface area contributed by atoms with Gasteiger partial charge in [0.1, 0.15) is 6.26 Å². The summed E-state index contributed by atoms with van der Waals surface area (Å²) in [6.07, 6.45) is -1.93. The molecule has 0 radical (unpaired) electrons. The number of allylic oxidation sites excluding steroid dienone is 1. The molecule has 4 heteroatoms. The van der Waals surface area contributed by atoms with Crippen molar-refractivity contribution in [3.8, 4) is 0 Å². The van der Waals surface area contributed by atoms with Crippen molar-refractivity contribution >= 4 is 0 Å². The quantitative estimate of drug-likeness (QED) is 0.446. The Labute approximate surface area is 57.5 Å². The van der Waals surface area contributed by atoms with Gasteiger partial charge in [-0.1, -0.05) is 6.92 Å². The predicted octanol–water partition coefficient (Wildman–Crippen LogP) is 2.49. The van der Waals surface area contributed by atoms with E-state index in [2.05, 4.69) is 4.74 Å². The van der Waals surface area contributed by atoms with Gasteiger partial charge in [0.15, 0.2) is 0 Å². The SMILES string of the molecule is CCCOC=C(F)C(F)F. The van der Waals surface area contributed by atoms with Crippen LogP contribution >= 0.6 is 0 Å². The monoisotopic (exact) mass is 154 g/mol. The Hall–Kier alpha value is -0.670. The van der Waals surface area contributed by atoms with Crippen LogP contribution in [0.1, 0.15) is 13.3 Å². The summed E-state index contributed by atoms with van der Waals surface area (Å²) >= 11 is 0. The molecule has 0 fully saturated rings. The molecule has 0 aromatic heterocycles. The molecule has 0 spiro atoms. The highest BCUT2D eigenvalue weighted by Crippen LogP contribution is 2.08. The summed E-state index contributed by atoms with van der Waals surface area (Å²) in [6, 6.07) is 0. The highest BCUT2D eigenvalue weighted by molar-refractivity contribution is 4.88. The van der Waals surface area contributed by atoms with E-state index in [-0.39, 0.29) is 6.61 Å². The van der Waals surface area contributed by atoms with Gasteiger partial charge in [0.25, 0.3) is 6.43 Å². The van der Waals surface area contributed by atoms with Crippen LogP contribution in [0, 0.1) is 0 Å². The van der Waals surface area contributed by atoms with Gasteiger partial charge >= 0.3 is 0 Å². The first-order valence-corrected chi connectivity index (χ1v) is 2.93. The minimum Gasteiger partial charge on any atom is -0.498 e. The zero-order valence-corrected chi connectivity index (χ0v) is 5.61. The molecule has 0 heterocycles. The van der Waals surface area contributed by atoms with Crippen LogP contribution < -0.4 is 0 Å². The molecule has 60 valence electrons. The van der Waals surface area contributed by atoms with Gasteiger partial charge in [-0.15, -0.1) is 0 Å². The fraction of sp³-hybridized carbons (Fsp3) is 0.667. The van der Waals surface area contributed by atoms with Crippen LogP contribution in [0.3, 0.4) is 0 Å². The maximum atomic E-state index is 11.8. The van der Waals surface area contributed by atoms with Crippen LogP contribution in [-0.2, 0) is 4.74 Å². The molecule has 0 saturated carbocycles. The third kappa shape index (κ3) is 4.23. The molecule has 10 heavy (non-hydrogen) atoms. The molecule has 0 unspecified atom stereocenters. The molecule has 0 aliphatic rings. The molecule has 0 amide bonds.